The zero-order chi connectivity index (χ0) is 16.4. The first kappa shape index (κ1) is 19.5. The molecule has 22 heavy (non-hydrogen) atoms. The number of aliphatic hydroxyl groups is 1. The van der Waals surface area contributed by atoms with Crippen molar-refractivity contribution in [1.82, 2.24) is 4.90 Å². The quantitative estimate of drug-likeness (QED) is 0.575. The van der Waals surface area contributed by atoms with Gasteiger partial charge in [0.15, 0.2) is 0 Å². The van der Waals surface area contributed by atoms with Crippen molar-refractivity contribution in [1.29, 1.82) is 0 Å². The van der Waals surface area contributed by atoms with Crippen LogP contribution in [0.25, 0.3) is 0 Å². The number of carbonyl (C=O) groups excluding carboxylic acids is 1. The normalized spacial score (nSPS) is 17.1. The summed E-state index contributed by atoms with van der Waals surface area (Å²) < 4.78 is 0. The van der Waals surface area contributed by atoms with Crippen molar-refractivity contribution in [3.63, 3.8) is 0 Å². The Morgan fingerprint density at radius 3 is 2.27 bits per heavy atom. The molecule has 0 heterocycles. The van der Waals surface area contributed by atoms with E-state index < -0.39 is 0 Å². The molecule has 0 atom stereocenters. The molecule has 0 aliphatic heterocycles. The van der Waals surface area contributed by atoms with E-state index in [9.17, 15) is 9.90 Å². The average molecular weight is 312 g/mol. The Morgan fingerprint density at radius 2 is 1.68 bits per heavy atom. The molecule has 0 unspecified atom stereocenters. The van der Waals surface area contributed by atoms with Gasteiger partial charge in [-0.25, -0.2) is 0 Å². The number of carbonyl (C=O) groups is 1. The molecule has 1 aliphatic rings. The van der Waals surface area contributed by atoms with Gasteiger partial charge in [-0.05, 0) is 25.2 Å². The summed E-state index contributed by atoms with van der Waals surface area (Å²) in [5, 5.41) is 9.64. The van der Waals surface area contributed by atoms with Crippen LogP contribution in [0.15, 0.2) is 0 Å². The molecule has 3 heteroatoms. The lowest BCUT2D eigenvalue weighted by Crippen LogP contribution is -2.39. The lowest BCUT2D eigenvalue weighted by molar-refractivity contribution is -0.131. The van der Waals surface area contributed by atoms with Gasteiger partial charge in [0.1, 0.15) is 0 Å². The SMILES string of the molecule is CC(C)CCCCCCCC(=O)N(C)CC1(CO)CCCC1. The maximum Gasteiger partial charge on any atom is 0.222 e. The van der Waals surface area contributed by atoms with Crippen molar-refractivity contribution in [3.8, 4) is 0 Å². The molecule has 0 radical (unpaired) electrons. The minimum absolute atomic E-state index is 0.0126. The molecule has 1 amide bonds. The predicted octanol–water partition coefficient (Wildman–Crippen LogP) is 4.38. The first-order valence-electron chi connectivity index (χ1n) is 9.34. The third kappa shape index (κ3) is 7.13. The molecular weight excluding hydrogens is 274 g/mol. The summed E-state index contributed by atoms with van der Waals surface area (Å²) in [6.45, 7) is 5.51. The lowest BCUT2D eigenvalue weighted by Gasteiger charge is -2.31. The van der Waals surface area contributed by atoms with Crippen LogP contribution in [0.4, 0.5) is 0 Å². The van der Waals surface area contributed by atoms with Gasteiger partial charge in [-0.1, -0.05) is 58.8 Å². The highest BCUT2D eigenvalue weighted by Gasteiger charge is 2.35. The molecular formula is C19H37NO2. The maximum atomic E-state index is 12.2. The monoisotopic (exact) mass is 311 g/mol. The third-order valence-electron chi connectivity index (χ3n) is 5.17. The van der Waals surface area contributed by atoms with Gasteiger partial charge < -0.3 is 10.0 Å². The number of unbranched alkanes of at least 4 members (excludes halogenated alkanes) is 4. The molecule has 0 aromatic rings. The molecule has 1 aliphatic carbocycles. The number of rotatable bonds is 11. The minimum Gasteiger partial charge on any atom is -0.396 e. The van der Waals surface area contributed by atoms with Crippen molar-refractivity contribution in [2.24, 2.45) is 11.3 Å². The van der Waals surface area contributed by atoms with Crippen molar-refractivity contribution in [3.05, 3.63) is 0 Å². The van der Waals surface area contributed by atoms with Crippen molar-refractivity contribution in [2.75, 3.05) is 20.2 Å². The number of nitrogens with zero attached hydrogens (tertiary/aromatic N) is 1. The smallest absolute Gasteiger partial charge is 0.222 e. The van der Waals surface area contributed by atoms with Gasteiger partial charge >= 0.3 is 0 Å². The summed E-state index contributed by atoms with van der Waals surface area (Å²) in [7, 11) is 1.90. The summed E-state index contributed by atoms with van der Waals surface area (Å²) in [5.41, 5.74) is -0.0126. The summed E-state index contributed by atoms with van der Waals surface area (Å²) in [4.78, 5) is 14.1. The van der Waals surface area contributed by atoms with E-state index in [2.05, 4.69) is 13.8 Å². The van der Waals surface area contributed by atoms with Crippen LogP contribution in [0.2, 0.25) is 0 Å². The summed E-state index contributed by atoms with van der Waals surface area (Å²) in [6, 6.07) is 0. The largest absolute Gasteiger partial charge is 0.396 e. The van der Waals surface area contributed by atoms with E-state index >= 15 is 0 Å². The van der Waals surface area contributed by atoms with Crippen molar-refractivity contribution in [2.45, 2.75) is 84.5 Å². The van der Waals surface area contributed by atoms with E-state index in [0.29, 0.717) is 6.42 Å². The molecule has 1 N–H and O–H groups in total. The Hall–Kier alpha value is -0.570. The molecule has 0 saturated heterocycles. The van der Waals surface area contributed by atoms with Gasteiger partial charge in [-0.3, -0.25) is 4.79 Å². The summed E-state index contributed by atoms with van der Waals surface area (Å²) >= 11 is 0. The summed E-state index contributed by atoms with van der Waals surface area (Å²) in [5.74, 6) is 1.06. The number of hydrogen-bond donors (Lipinski definition) is 1. The molecule has 0 spiro atoms. The molecule has 0 bridgehead atoms. The van der Waals surface area contributed by atoms with Gasteiger partial charge in [0, 0.05) is 25.4 Å². The Bertz CT molecular complexity index is 309. The van der Waals surface area contributed by atoms with Crippen molar-refractivity contribution >= 4 is 5.91 Å². The second-order valence-corrected chi connectivity index (χ2v) is 7.82. The standard InChI is InChI=1S/C19H37NO2/c1-17(2)11-7-5-4-6-8-12-18(22)20(3)15-19(16-21)13-9-10-14-19/h17,21H,4-16H2,1-3H3. The summed E-state index contributed by atoms with van der Waals surface area (Å²) in [6.07, 6.45) is 12.6. The van der Waals surface area contributed by atoms with Gasteiger partial charge in [-0.15, -0.1) is 0 Å². The molecule has 1 saturated carbocycles. The first-order valence-corrected chi connectivity index (χ1v) is 9.34. The fourth-order valence-electron chi connectivity index (χ4n) is 3.63. The third-order valence-corrected chi connectivity index (χ3v) is 5.17. The highest BCUT2D eigenvalue weighted by molar-refractivity contribution is 5.75. The first-order chi connectivity index (χ1) is 10.5. The van der Waals surface area contributed by atoms with Gasteiger partial charge in [-0.2, -0.15) is 0 Å². The second kappa shape index (κ2) is 10.3. The molecule has 130 valence electrons. The van der Waals surface area contributed by atoms with Crippen molar-refractivity contribution < 1.29 is 9.90 Å². The topological polar surface area (TPSA) is 40.5 Å². The Morgan fingerprint density at radius 1 is 1.09 bits per heavy atom. The highest BCUT2D eigenvalue weighted by Crippen LogP contribution is 2.38. The van der Waals surface area contributed by atoms with Crippen LogP contribution in [0.3, 0.4) is 0 Å². The minimum atomic E-state index is -0.0126. The van der Waals surface area contributed by atoms with Crippen LogP contribution in [-0.2, 0) is 4.79 Å². The predicted molar refractivity (Wildman–Crippen MR) is 92.8 cm³/mol. The Balaban J connectivity index is 2.11. The van der Waals surface area contributed by atoms with E-state index in [0.717, 1.165) is 31.7 Å². The van der Waals surface area contributed by atoms with Crippen LogP contribution in [0.5, 0.6) is 0 Å². The van der Waals surface area contributed by atoms with Gasteiger partial charge in [0.2, 0.25) is 5.91 Å². The van der Waals surface area contributed by atoms with E-state index in [1.165, 1.54) is 44.9 Å². The zero-order valence-electron chi connectivity index (χ0n) is 15.1. The fourth-order valence-corrected chi connectivity index (χ4v) is 3.63. The molecule has 1 fully saturated rings. The maximum absolute atomic E-state index is 12.2. The number of aliphatic hydroxyl groups excluding tert-OH is 1. The number of hydrogen-bond acceptors (Lipinski definition) is 2. The van der Waals surface area contributed by atoms with Crippen LogP contribution in [0.1, 0.15) is 84.5 Å². The van der Waals surface area contributed by atoms with Crippen LogP contribution in [0, 0.1) is 11.3 Å². The molecule has 1 rings (SSSR count). The van der Waals surface area contributed by atoms with Crippen LogP contribution >= 0.6 is 0 Å². The molecule has 0 aromatic heterocycles. The van der Waals surface area contributed by atoms with Gasteiger partial charge in [0.25, 0.3) is 0 Å². The molecule has 3 nitrogen and oxygen atoms in total. The average Bonchev–Trinajstić information content (AvgIpc) is 2.94. The Labute approximate surface area is 137 Å². The highest BCUT2D eigenvalue weighted by atomic mass is 16.3. The van der Waals surface area contributed by atoms with E-state index in [1.807, 2.05) is 11.9 Å². The van der Waals surface area contributed by atoms with E-state index in [1.54, 1.807) is 0 Å². The molecule has 0 aromatic carbocycles. The number of amides is 1. The fraction of sp³-hybridized carbons (Fsp3) is 0.947. The second-order valence-electron chi connectivity index (χ2n) is 7.82. The van der Waals surface area contributed by atoms with Gasteiger partial charge in [0.05, 0.1) is 6.61 Å². The van der Waals surface area contributed by atoms with E-state index in [4.69, 9.17) is 0 Å². The van der Waals surface area contributed by atoms with Crippen LogP contribution in [-0.4, -0.2) is 36.1 Å². The van der Waals surface area contributed by atoms with E-state index in [-0.39, 0.29) is 17.9 Å². The lowest BCUT2D eigenvalue weighted by atomic mass is 9.86. The zero-order valence-corrected chi connectivity index (χ0v) is 15.1. The Kier molecular flexibility index (Phi) is 9.08. The van der Waals surface area contributed by atoms with Crippen LogP contribution < -0.4 is 0 Å².